The highest BCUT2D eigenvalue weighted by atomic mass is 19.4. The molecule has 1 aliphatic rings. The molecule has 0 aliphatic carbocycles. The summed E-state index contributed by atoms with van der Waals surface area (Å²) < 4.78 is 54.4. The van der Waals surface area contributed by atoms with Gasteiger partial charge in [0.2, 0.25) is 0 Å². The van der Waals surface area contributed by atoms with Gasteiger partial charge in [-0.05, 0) is 31.0 Å². The molecule has 1 fully saturated rings. The van der Waals surface area contributed by atoms with Crippen LogP contribution in [0, 0.1) is 0 Å². The van der Waals surface area contributed by atoms with Crippen LogP contribution in [0.2, 0.25) is 0 Å². The highest BCUT2D eigenvalue weighted by Crippen LogP contribution is 2.28. The van der Waals surface area contributed by atoms with E-state index in [1.54, 1.807) is 29.2 Å². The Bertz CT molecular complexity index is 847. The van der Waals surface area contributed by atoms with Crippen molar-refractivity contribution < 1.29 is 32.2 Å². The molecular formula is C19H20F3N3O4. The van der Waals surface area contributed by atoms with E-state index in [2.05, 4.69) is 9.97 Å². The molecule has 156 valence electrons. The predicted molar refractivity (Wildman–Crippen MR) is 95.8 cm³/mol. The van der Waals surface area contributed by atoms with Crippen molar-refractivity contribution in [2.24, 2.45) is 0 Å². The lowest BCUT2D eigenvalue weighted by atomic mass is 10.1. The van der Waals surface area contributed by atoms with E-state index in [4.69, 9.17) is 14.2 Å². The van der Waals surface area contributed by atoms with Crippen LogP contribution in [0.1, 0.15) is 18.5 Å². The van der Waals surface area contributed by atoms with Crippen molar-refractivity contribution in [1.29, 1.82) is 0 Å². The molecule has 2 aromatic rings. The van der Waals surface area contributed by atoms with Crippen LogP contribution < -0.4 is 14.2 Å². The van der Waals surface area contributed by atoms with Gasteiger partial charge in [0.25, 0.3) is 5.91 Å². The zero-order chi connectivity index (χ0) is 20.9. The minimum absolute atomic E-state index is 0.167. The maximum absolute atomic E-state index is 12.8. The largest absolute Gasteiger partial charge is 0.497 e. The number of methoxy groups -OCH3 is 1. The van der Waals surface area contributed by atoms with Crippen LogP contribution >= 0.6 is 0 Å². The third-order valence-corrected chi connectivity index (χ3v) is 4.33. The fourth-order valence-corrected chi connectivity index (χ4v) is 2.89. The second-order valence-corrected chi connectivity index (χ2v) is 6.41. The van der Waals surface area contributed by atoms with Crippen molar-refractivity contribution in [2.45, 2.75) is 25.1 Å². The summed E-state index contributed by atoms with van der Waals surface area (Å²) >= 11 is 0. The van der Waals surface area contributed by atoms with Gasteiger partial charge in [0.15, 0.2) is 12.3 Å². The number of benzene rings is 1. The number of halogens is 3. The number of alkyl halides is 3. The summed E-state index contributed by atoms with van der Waals surface area (Å²) in [6.07, 6.45) is -2.84. The summed E-state index contributed by atoms with van der Waals surface area (Å²) in [7, 11) is 1.53. The minimum atomic E-state index is -4.58. The molecule has 29 heavy (non-hydrogen) atoms. The first-order valence-corrected chi connectivity index (χ1v) is 8.96. The third-order valence-electron chi connectivity index (χ3n) is 4.33. The number of likely N-dealkylation sites (tertiary alicyclic amines) is 1. The number of aromatic nitrogens is 2. The Morgan fingerprint density at radius 3 is 2.83 bits per heavy atom. The van der Waals surface area contributed by atoms with Crippen molar-refractivity contribution in [1.82, 2.24) is 14.9 Å². The Hall–Kier alpha value is -3.04. The number of hydrogen-bond acceptors (Lipinski definition) is 6. The molecule has 1 aromatic carbocycles. The first-order chi connectivity index (χ1) is 13.8. The molecule has 1 aliphatic heterocycles. The average Bonchev–Trinajstić information content (AvgIpc) is 2.72. The number of carbonyl (C=O) groups is 1. The number of carbonyl (C=O) groups excluding carboxylic acids is 1. The van der Waals surface area contributed by atoms with Crippen LogP contribution in [-0.4, -0.2) is 53.7 Å². The molecule has 7 nitrogen and oxygen atoms in total. The quantitative estimate of drug-likeness (QED) is 0.728. The smallest absolute Gasteiger partial charge is 0.433 e. The summed E-state index contributed by atoms with van der Waals surface area (Å²) in [6.45, 7) is 0.573. The summed E-state index contributed by atoms with van der Waals surface area (Å²) in [5.74, 6) is 0.869. The lowest BCUT2D eigenvalue weighted by Crippen LogP contribution is -2.46. The Kier molecular flexibility index (Phi) is 6.40. The van der Waals surface area contributed by atoms with Crippen LogP contribution in [0.15, 0.2) is 36.5 Å². The Balaban J connectivity index is 1.55. The molecule has 0 radical (unpaired) electrons. The summed E-state index contributed by atoms with van der Waals surface area (Å²) in [4.78, 5) is 21.1. The summed E-state index contributed by atoms with van der Waals surface area (Å²) in [5.41, 5.74) is -1.07. The molecule has 0 spiro atoms. The van der Waals surface area contributed by atoms with Gasteiger partial charge in [-0.2, -0.15) is 18.2 Å². The molecule has 1 aromatic heterocycles. The number of hydrogen-bond donors (Lipinski definition) is 0. The van der Waals surface area contributed by atoms with E-state index in [9.17, 15) is 18.0 Å². The number of rotatable bonds is 6. The van der Waals surface area contributed by atoms with E-state index in [1.807, 2.05) is 0 Å². The topological polar surface area (TPSA) is 73.8 Å². The predicted octanol–water partition coefficient (Wildman–Crippen LogP) is 2.95. The van der Waals surface area contributed by atoms with Gasteiger partial charge in [-0.25, -0.2) is 4.98 Å². The zero-order valence-electron chi connectivity index (χ0n) is 15.7. The van der Waals surface area contributed by atoms with Crippen molar-refractivity contribution in [2.75, 3.05) is 26.8 Å². The van der Waals surface area contributed by atoms with Crippen LogP contribution in [0.4, 0.5) is 13.2 Å². The number of piperidine rings is 1. The molecule has 1 saturated heterocycles. The highest BCUT2D eigenvalue weighted by Gasteiger charge is 2.33. The molecular weight excluding hydrogens is 391 g/mol. The molecule has 2 heterocycles. The monoisotopic (exact) mass is 411 g/mol. The van der Waals surface area contributed by atoms with E-state index in [0.717, 1.165) is 12.3 Å². The Morgan fingerprint density at radius 2 is 2.07 bits per heavy atom. The molecule has 1 amide bonds. The Morgan fingerprint density at radius 1 is 1.28 bits per heavy atom. The van der Waals surface area contributed by atoms with E-state index >= 15 is 0 Å². The lowest BCUT2D eigenvalue weighted by Gasteiger charge is -2.32. The Labute approximate surface area is 165 Å². The van der Waals surface area contributed by atoms with Crippen molar-refractivity contribution in [3.8, 4) is 17.5 Å². The molecule has 10 heteroatoms. The van der Waals surface area contributed by atoms with Gasteiger partial charge >= 0.3 is 12.2 Å². The van der Waals surface area contributed by atoms with E-state index in [0.29, 0.717) is 30.9 Å². The standard InChI is InChI=1S/C19H20F3N3O4/c1-27-13-4-2-5-14(10-13)28-12-17(26)25-9-3-6-15(11-25)29-18-23-8-7-16(24-18)19(20,21)22/h2,4-5,7-8,10,15H,3,6,9,11-12H2,1H3. The third kappa shape index (κ3) is 5.72. The van der Waals surface area contributed by atoms with Gasteiger partial charge in [-0.1, -0.05) is 6.07 Å². The zero-order valence-corrected chi connectivity index (χ0v) is 15.7. The minimum Gasteiger partial charge on any atom is -0.497 e. The second-order valence-electron chi connectivity index (χ2n) is 6.41. The number of amides is 1. The van der Waals surface area contributed by atoms with E-state index < -0.39 is 18.0 Å². The fourth-order valence-electron chi connectivity index (χ4n) is 2.89. The van der Waals surface area contributed by atoms with Gasteiger partial charge in [0.05, 0.1) is 13.7 Å². The maximum atomic E-state index is 12.8. The van der Waals surface area contributed by atoms with Gasteiger partial charge in [-0.3, -0.25) is 4.79 Å². The molecule has 0 N–H and O–H groups in total. The fraction of sp³-hybridized carbons (Fsp3) is 0.421. The lowest BCUT2D eigenvalue weighted by molar-refractivity contribution is -0.141. The van der Waals surface area contributed by atoms with E-state index in [1.165, 1.54) is 7.11 Å². The SMILES string of the molecule is COc1cccc(OCC(=O)N2CCCC(Oc3nccc(C(F)(F)F)n3)C2)c1. The first kappa shape index (κ1) is 20.7. The second kappa shape index (κ2) is 8.97. The number of nitrogens with zero attached hydrogens (tertiary/aromatic N) is 3. The van der Waals surface area contributed by atoms with Crippen molar-refractivity contribution >= 4 is 5.91 Å². The molecule has 1 unspecified atom stereocenters. The maximum Gasteiger partial charge on any atom is 0.433 e. The van der Waals surface area contributed by atoms with Crippen LogP contribution in [0.5, 0.6) is 17.5 Å². The summed E-state index contributed by atoms with van der Waals surface area (Å²) in [5, 5.41) is 0. The van der Waals surface area contributed by atoms with E-state index in [-0.39, 0.29) is 25.1 Å². The molecule has 0 bridgehead atoms. The van der Waals surface area contributed by atoms with Crippen LogP contribution in [-0.2, 0) is 11.0 Å². The normalized spacial score (nSPS) is 17.0. The molecule has 1 atom stereocenters. The van der Waals surface area contributed by atoms with Gasteiger partial charge in [-0.15, -0.1) is 0 Å². The number of ether oxygens (including phenoxy) is 3. The van der Waals surface area contributed by atoms with Crippen molar-refractivity contribution in [3.05, 3.63) is 42.2 Å². The highest BCUT2D eigenvalue weighted by molar-refractivity contribution is 5.78. The van der Waals surface area contributed by atoms with Gasteiger partial charge in [0, 0.05) is 18.8 Å². The first-order valence-electron chi connectivity index (χ1n) is 8.96. The molecule has 3 rings (SSSR count). The summed E-state index contributed by atoms with van der Waals surface area (Å²) in [6, 6.07) is 7.31. The molecule has 0 saturated carbocycles. The van der Waals surface area contributed by atoms with Gasteiger partial charge < -0.3 is 19.1 Å². The average molecular weight is 411 g/mol. The van der Waals surface area contributed by atoms with Crippen LogP contribution in [0.3, 0.4) is 0 Å². The van der Waals surface area contributed by atoms with Crippen LogP contribution in [0.25, 0.3) is 0 Å². The van der Waals surface area contributed by atoms with Crippen molar-refractivity contribution in [3.63, 3.8) is 0 Å². The van der Waals surface area contributed by atoms with Gasteiger partial charge in [0.1, 0.15) is 17.6 Å².